The van der Waals surface area contributed by atoms with E-state index in [4.69, 9.17) is 10.4 Å². The van der Waals surface area contributed by atoms with Gasteiger partial charge in [-0.15, -0.1) is 0 Å². The van der Waals surface area contributed by atoms with Gasteiger partial charge in [-0.25, -0.2) is 9.78 Å². The number of carbonyl (C=O) groups is 1. The van der Waals surface area contributed by atoms with Crippen LogP contribution in [0.25, 0.3) is 0 Å². The van der Waals surface area contributed by atoms with Crippen molar-refractivity contribution in [2.24, 2.45) is 5.92 Å². The van der Waals surface area contributed by atoms with E-state index in [-0.39, 0.29) is 11.6 Å². The molecule has 0 aromatic carbocycles. The van der Waals surface area contributed by atoms with E-state index in [1.807, 2.05) is 4.90 Å². The van der Waals surface area contributed by atoms with E-state index in [1.165, 1.54) is 6.07 Å². The molecule has 1 N–H and O–H groups in total. The molecule has 2 heterocycles. The highest BCUT2D eigenvalue weighted by Crippen LogP contribution is 2.21. The number of hydrogen-bond acceptors (Lipinski definition) is 4. The molecule has 2 rings (SSSR count). The summed E-state index contributed by atoms with van der Waals surface area (Å²) < 4.78 is 0. The maximum atomic E-state index is 10.8. The summed E-state index contributed by atoms with van der Waals surface area (Å²) in [7, 11) is 0. The van der Waals surface area contributed by atoms with E-state index in [0.717, 1.165) is 19.4 Å². The number of pyridine rings is 1. The van der Waals surface area contributed by atoms with Crippen molar-refractivity contribution < 1.29 is 9.90 Å². The first kappa shape index (κ1) is 11.4. The van der Waals surface area contributed by atoms with Gasteiger partial charge in [0.1, 0.15) is 5.82 Å². The molecule has 1 aliphatic rings. The molecule has 1 atom stereocenters. The Morgan fingerprint density at radius 3 is 3.12 bits per heavy atom. The van der Waals surface area contributed by atoms with Gasteiger partial charge in [-0.3, -0.25) is 0 Å². The first-order chi connectivity index (χ1) is 8.20. The van der Waals surface area contributed by atoms with Crippen LogP contribution in [0.1, 0.15) is 23.3 Å². The summed E-state index contributed by atoms with van der Waals surface area (Å²) in [6.07, 6.45) is 1.85. The second-order valence-electron chi connectivity index (χ2n) is 4.10. The van der Waals surface area contributed by atoms with Crippen molar-refractivity contribution in [3.63, 3.8) is 0 Å². The Labute approximate surface area is 99.3 Å². The summed E-state index contributed by atoms with van der Waals surface area (Å²) in [5, 5.41) is 17.8. The second-order valence-corrected chi connectivity index (χ2v) is 4.10. The molecule has 1 aromatic rings. The summed E-state index contributed by atoms with van der Waals surface area (Å²) in [5.74, 6) is -0.371. The summed E-state index contributed by atoms with van der Waals surface area (Å²) in [4.78, 5) is 16.9. The van der Waals surface area contributed by atoms with Crippen LogP contribution in [-0.4, -0.2) is 29.1 Å². The lowest BCUT2D eigenvalue weighted by Crippen LogP contribution is -2.35. The quantitative estimate of drug-likeness (QED) is 0.835. The van der Waals surface area contributed by atoms with Crippen molar-refractivity contribution in [3.8, 4) is 6.07 Å². The molecule has 5 nitrogen and oxygen atoms in total. The average Bonchev–Trinajstić information content (AvgIpc) is 2.39. The Morgan fingerprint density at radius 1 is 1.59 bits per heavy atom. The van der Waals surface area contributed by atoms with Crippen LogP contribution in [0, 0.1) is 17.2 Å². The van der Waals surface area contributed by atoms with Crippen LogP contribution >= 0.6 is 0 Å². The van der Waals surface area contributed by atoms with Crippen molar-refractivity contribution in [2.75, 3.05) is 18.0 Å². The minimum atomic E-state index is -1.03. The molecule has 0 bridgehead atoms. The number of nitrogens with zero attached hydrogens (tertiary/aromatic N) is 3. The third-order valence-corrected chi connectivity index (χ3v) is 2.88. The van der Waals surface area contributed by atoms with Gasteiger partial charge in [0.15, 0.2) is 5.69 Å². The van der Waals surface area contributed by atoms with E-state index in [0.29, 0.717) is 12.4 Å². The van der Waals surface area contributed by atoms with Crippen LogP contribution in [0.15, 0.2) is 18.2 Å². The minimum absolute atomic E-state index is 0.0130. The molecule has 0 amide bonds. The molecule has 0 saturated carbocycles. The predicted octanol–water partition coefficient (Wildman–Crippen LogP) is 1.52. The number of rotatable bonds is 2. The Balaban J connectivity index is 2.19. The van der Waals surface area contributed by atoms with Gasteiger partial charge in [-0.05, 0) is 25.0 Å². The van der Waals surface area contributed by atoms with E-state index in [9.17, 15) is 4.79 Å². The molecule has 0 radical (unpaired) electrons. The molecule has 0 spiro atoms. The highest BCUT2D eigenvalue weighted by molar-refractivity contribution is 5.85. The van der Waals surface area contributed by atoms with Crippen molar-refractivity contribution in [3.05, 3.63) is 23.9 Å². The van der Waals surface area contributed by atoms with Gasteiger partial charge in [0.25, 0.3) is 0 Å². The molecule has 1 unspecified atom stereocenters. The molecule has 17 heavy (non-hydrogen) atoms. The van der Waals surface area contributed by atoms with E-state index in [2.05, 4.69) is 11.1 Å². The van der Waals surface area contributed by atoms with Gasteiger partial charge in [0.05, 0.1) is 12.0 Å². The Bertz CT molecular complexity index is 467. The van der Waals surface area contributed by atoms with Crippen LogP contribution in [0.2, 0.25) is 0 Å². The topological polar surface area (TPSA) is 77.2 Å². The fourth-order valence-corrected chi connectivity index (χ4v) is 2.01. The minimum Gasteiger partial charge on any atom is -0.477 e. The maximum absolute atomic E-state index is 10.8. The first-order valence-electron chi connectivity index (χ1n) is 5.55. The summed E-state index contributed by atoms with van der Waals surface area (Å²) in [6, 6.07) is 7.19. The molecule has 5 heteroatoms. The Morgan fingerprint density at radius 2 is 2.41 bits per heavy atom. The number of aromatic carboxylic acids is 1. The SMILES string of the molecule is N#CC1CCCN(c2cccc(C(=O)O)n2)C1. The van der Waals surface area contributed by atoms with E-state index >= 15 is 0 Å². The molecule has 88 valence electrons. The normalized spacial score (nSPS) is 19.7. The molecular weight excluding hydrogens is 218 g/mol. The summed E-state index contributed by atoms with van der Waals surface area (Å²) in [6.45, 7) is 1.46. The largest absolute Gasteiger partial charge is 0.477 e. The smallest absolute Gasteiger partial charge is 0.354 e. The predicted molar refractivity (Wildman–Crippen MR) is 61.7 cm³/mol. The van der Waals surface area contributed by atoms with E-state index < -0.39 is 5.97 Å². The lowest BCUT2D eigenvalue weighted by molar-refractivity contribution is 0.0690. The lowest BCUT2D eigenvalue weighted by Gasteiger charge is -2.30. The maximum Gasteiger partial charge on any atom is 0.354 e. The number of aromatic nitrogens is 1. The average molecular weight is 231 g/mol. The third kappa shape index (κ3) is 2.53. The Hall–Kier alpha value is -2.09. The van der Waals surface area contributed by atoms with Gasteiger partial charge in [-0.2, -0.15) is 5.26 Å². The lowest BCUT2D eigenvalue weighted by atomic mass is 10.00. The number of carboxylic acids is 1. The standard InChI is InChI=1S/C12H13N3O2/c13-7-9-3-2-6-15(8-9)11-5-1-4-10(14-11)12(16)17/h1,4-5,9H,2-3,6,8H2,(H,16,17). The van der Waals surface area contributed by atoms with Gasteiger partial charge >= 0.3 is 5.97 Å². The number of anilines is 1. The molecule has 1 aliphatic heterocycles. The molecule has 1 fully saturated rings. The fraction of sp³-hybridized carbons (Fsp3) is 0.417. The van der Waals surface area contributed by atoms with Crippen LogP contribution in [0.3, 0.4) is 0 Å². The van der Waals surface area contributed by atoms with Gasteiger partial charge in [0, 0.05) is 13.1 Å². The molecule has 0 aliphatic carbocycles. The Kier molecular flexibility index (Phi) is 3.24. The van der Waals surface area contributed by atoms with Gasteiger partial charge < -0.3 is 10.0 Å². The van der Waals surface area contributed by atoms with Crippen molar-refractivity contribution in [1.29, 1.82) is 5.26 Å². The van der Waals surface area contributed by atoms with E-state index in [1.54, 1.807) is 12.1 Å². The summed E-state index contributed by atoms with van der Waals surface area (Å²) >= 11 is 0. The zero-order chi connectivity index (χ0) is 12.3. The number of carboxylic acid groups (broad SMARTS) is 1. The third-order valence-electron chi connectivity index (χ3n) is 2.88. The first-order valence-corrected chi connectivity index (χ1v) is 5.55. The number of nitriles is 1. The molecular formula is C12H13N3O2. The highest BCUT2D eigenvalue weighted by atomic mass is 16.4. The van der Waals surface area contributed by atoms with Crippen LogP contribution < -0.4 is 4.90 Å². The zero-order valence-electron chi connectivity index (χ0n) is 9.33. The van der Waals surface area contributed by atoms with Gasteiger partial charge in [-0.1, -0.05) is 6.07 Å². The number of hydrogen-bond donors (Lipinski definition) is 1. The second kappa shape index (κ2) is 4.83. The summed E-state index contributed by atoms with van der Waals surface area (Å²) in [5.41, 5.74) is 0.0431. The number of piperidine rings is 1. The highest BCUT2D eigenvalue weighted by Gasteiger charge is 2.21. The van der Waals surface area contributed by atoms with Crippen molar-refractivity contribution in [1.82, 2.24) is 4.98 Å². The van der Waals surface area contributed by atoms with Crippen LogP contribution in [0.5, 0.6) is 0 Å². The van der Waals surface area contributed by atoms with Crippen LogP contribution in [0.4, 0.5) is 5.82 Å². The van der Waals surface area contributed by atoms with Crippen LogP contribution in [-0.2, 0) is 0 Å². The molecule has 1 aromatic heterocycles. The molecule has 1 saturated heterocycles. The zero-order valence-corrected chi connectivity index (χ0v) is 9.33. The van der Waals surface area contributed by atoms with Crippen molar-refractivity contribution in [2.45, 2.75) is 12.8 Å². The monoisotopic (exact) mass is 231 g/mol. The van der Waals surface area contributed by atoms with Crippen molar-refractivity contribution >= 4 is 11.8 Å². The van der Waals surface area contributed by atoms with Gasteiger partial charge in [0.2, 0.25) is 0 Å². The fourth-order valence-electron chi connectivity index (χ4n) is 2.01.